The molecule has 1 aromatic carbocycles. The average molecular weight is 250 g/mol. The van der Waals surface area contributed by atoms with Crippen LogP contribution in [0.15, 0.2) is 18.2 Å². The Bertz CT molecular complexity index is 398. The SMILES string of the molecule is Cc1cc(C)cc(N(C)CC(C)COC(N)=O)c1. The van der Waals surface area contributed by atoms with Crippen molar-refractivity contribution in [1.82, 2.24) is 0 Å². The van der Waals surface area contributed by atoms with Gasteiger partial charge < -0.3 is 15.4 Å². The van der Waals surface area contributed by atoms with Crippen LogP contribution in [-0.4, -0.2) is 26.3 Å². The van der Waals surface area contributed by atoms with E-state index in [1.807, 2.05) is 14.0 Å². The first-order valence-corrected chi connectivity index (χ1v) is 6.10. The van der Waals surface area contributed by atoms with Crippen molar-refractivity contribution < 1.29 is 9.53 Å². The molecule has 0 aliphatic rings. The van der Waals surface area contributed by atoms with E-state index in [1.54, 1.807) is 0 Å². The first-order valence-electron chi connectivity index (χ1n) is 6.10. The molecule has 2 N–H and O–H groups in total. The highest BCUT2D eigenvalue weighted by molar-refractivity contribution is 5.64. The number of nitrogens with zero attached hydrogens (tertiary/aromatic N) is 1. The zero-order valence-corrected chi connectivity index (χ0v) is 11.6. The molecule has 1 amide bonds. The number of rotatable bonds is 5. The van der Waals surface area contributed by atoms with Crippen molar-refractivity contribution in [3.63, 3.8) is 0 Å². The molecule has 0 fully saturated rings. The monoisotopic (exact) mass is 250 g/mol. The Hall–Kier alpha value is -1.71. The molecule has 0 radical (unpaired) electrons. The van der Waals surface area contributed by atoms with Gasteiger partial charge in [0.1, 0.15) is 0 Å². The number of hydrogen-bond acceptors (Lipinski definition) is 3. The molecule has 1 atom stereocenters. The maximum atomic E-state index is 10.5. The highest BCUT2D eigenvalue weighted by Crippen LogP contribution is 2.18. The van der Waals surface area contributed by atoms with Crippen molar-refractivity contribution in [3.8, 4) is 0 Å². The smallest absolute Gasteiger partial charge is 0.404 e. The van der Waals surface area contributed by atoms with Crippen LogP contribution in [0.2, 0.25) is 0 Å². The van der Waals surface area contributed by atoms with Gasteiger partial charge in [-0.3, -0.25) is 0 Å². The quantitative estimate of drug-likeness (QED) is 0.873. The first-order chi connectivity index (χ1) is 8.38. The number of benzene rings is 1. The highest BCUT2D eigenvalue weighted by atomic mass is 16.5. The van der Waals surface area contributed by atoms with E-state index in [9.17, 15) is 4.79 Å². The minimum absolute atomic E-state index is 0.239. The Kier molecular flexibility index (Phi) is 5.01. The van der Waals surface area contributed by atoms with Gasteiger partial charge in [0.2, 0.25) is 0 Å². The molecule has 1 aromatic rings. The molecule has 0 aliphatic heterocycles. The minimum atomic E-state index is -0.712. The van der Waals surface area contributed by atoms with Crippen LogP contribution in [0.5, 0.6) is 0 Å². The van der Waals surface area contributed by atoms with E-state index in [-0.39, 0.29) is 5.92 Å². The average Bonchev–Trinajstić information content (AvgIpc) is 2.25. The fourth-order valence-corrected chi connectivity index (χ4v) is 2.02. The summed E-state index contributed by atoms with van der Waals surface area (Å²) in [6, 6.07) is 6.44. The summed E-state index contributed by atoms with van der Waals surface area (Å²) in [5, 5.41) is 0. The summed E-state index contributed by atoms with van der Waals surface area (Å²) < 4.78 is 4.80. The van der Waals surface area contributed by atoms with Crippen molar-refractivity contribution >= 4 is 11.8 Å². The van der Waals surface area contributed by atoms with E-state index in [4.69, 9.17) is 10.5 Å². The standard InChI is InChI=1S/C14H22N2O2/c1-10-5-11(2)7-13(6-10)16(4)8-12(3)9-18-14(15)17/h5-7,12H,8-9H2,1-4H3,(H2,15,17). The lowest BCUT2D eigenvalue weighted by atomic mass is 10.1. The molecular weight excluding hydrogens is 228 g/mol. The predicted octanol–water partition coefficient (Wildman–Crippen LogP) is 2.47. The number of carbonyl (C=O) groups is 1. The van der Waals surface area contributed by atoms with Crippen molar-refractivity contribution in [1.29, 1.82) is 0 Å². The van der Waals surface area contributed by atoms with Gasteiger partial charge in [0, 0.05) is 25.2 Å². The maximum Gasteiger partial charge on any atom is 0.404 e. The molecule has 0 aromatic heterocycles. The number of ether oxygens (including phenoxy) is 1. The summed E-state index contributed by atoms with van der Waals surface area (Å²) in [7, 11) is 2.04. The molecule has 0 saturated heterocycles. The molecule has 4 heteroatoms. The summed E-state index contributed by atoms with van der Waals surface area (Å²) in [6.07, 6.45) is -0.712. The molecule has 0 heterocycles. The lowest BCUT2D eigenvalue weighted by Crippen LogP contribution is -2.28. The number of amides is 1. The molecule has 0 bridgehead atoms. The van der Waals surface area contributed by atoms with Crippen molar-refractivity contribution in [2.45, 2.75) is 20.8 Å². The summed E-state index contributed by atoms with van der Waals surface area (Å²) in [6.45, 7) is 7.37. The predicted molar refractivity (Wildman–Crippen MR) is 73.9 cm³/mol. The van der Waals surface area contributed by atoms with Crippen LogP contribution in [-0.2, 0) is 4.74 Å². The van der Waals surface area contributed by atoms with E-state index >= 15 is 0 Å². The van der Waals surface area contributed by atoms with Crippen LogP contribution in [0.1, 0.15) is 18.1 Å². The van der Waals surface area contributed by atoms with Crippen LogP contribution in [0.25, 0.3) is 0 Å². The largest absolute Gasteiger partial charge is 0.449 e. The second kappa shape index (κ2) is 6.28. The third-order valence-corrected chi connectivity index (χ3v) is 2.74. The molecule has 4 nitrogen and oxygen atoms in total. The Balaban J connectivity index is 2.58. The molecule has 0 aliphatic carbocycles. The summed E-state index contributed by atoms with van der Waals surface area (Å²) in [5.74, 6) is 0.239. The Morgan fingerprint density at radius 1 is 1.33 bits per heavy atom. The van der Waals surface area contributed by atoms with Gasteiger partial charge >= 0.3 is 6.09 Å². The van der Waals surface area contributed by atoms with Crippen LogP contribution in [0.4, 0.5) is 10.5 Å². The fourth-order valence-electron chi connectivity index (χ4n) is 2.02. The lowest BCUT2D eigenvalue weighted by Gasteiger charge is -2.24. The number of carbonyl (C=O) groups excluding carboxylic acids is 1. The third-order valence-electron chi connectivity index (χ3n) is 2.74. The molecule has 1 rings (SSSR count). The second-order valence-corrected chi connectivity index (χ2v) is 4.96. The fraction of sp³-hybridized carbons (Fsp3) is 0.500. The van der Waals surface area contributed by atoms with Gasteiger partial charge in [-0.05, 0) is 37.1 Å². The minimum Gasteiger partial charge on any atom is -0.449 e. The van der Waals surface area contributed by atoms with Crippen molar-refractivity contribution in [2.24, 2.45) is 11.7 Å². The van der Waals surface area contributed by atoms with Gasteiger partial charge in [-0.15, -0.1) is 0 Å². The molecule has 0 saturated carbocycles. The van der Waals surface area contributed by atoms with Crippen LogP contribution in [0.3, 0.4) is 0 Å². The Labute approximate surface area is 109 Å². The Morgan fingerprint density at radius 3 is 2.39 bits per heavy atom. The molecule has 0 spiro atoms. The molecule has 100 valence electrons. The van der Waals surface area contributed by atoms with Crippen LogP contribution in [0, 0.1) is 19.8 Å². The van der Waals surface area contributed by atoms with Gasteiger partial charge in [0.15, 0.2) is 0 Å². The van der Waals surface area contributed by atoms with Crippen LogP contribution >= 0.6 is 0 Å². The zero-order valence-electron chi connectivity index (χ0n) is 11.6. The van der Waals surface area contributed by atoms with Crippen molar-refractivity contribution in [3.05, 3.63) is 29.3 Å². The second-order valence-electron chi connectivity index (χ2n) is 4.96. The summed E-state index contributed by atoms with van der Waals surface area (Å²) in [4.78, 5) is 12.7. The number of aryl methyl sites for hydroxylation is 2. The number of primary amides is 1. The van der Waals surface area contributed by atoms with E-state index < -0.39 is 6.09 Å². The van der Waals surface area contributed by atoms with Gasteiger partial charge in [-0.2, -0.15) is 0 Å². The van der Waals surface area contributed by atoms with Gasteiger partial charge in [-0.1, -0.05) is 13.0 Å². The number of hydrogen-bond donors (Lipinski definition) is 1. The lowest BCUT2D eigenvalue weighted by molar-refractivity contribution is 0.141. The van der Waals surface area contributed by atoms with Crippen molar-refractivity contribution in [2.75, 3.05) is 25.1 Å². The van der Waals surface area contributed by atoms with E-state index in [1.165, 1.54) is 16.8 Å². The van der Waals surface area contributed by atoms with Gasteiger partial charge in [0.05, 0.1) is 6.61 Å². The first kappa shape index (κ1) is 14.4. The van der Waals surface area contributed by atoms with E-state index in [2.05, 4.69) is 36.9 Å². The van der Waals surface area contributed by atoms with Gasteiger partial charge in [0.25, 0.3) is 0 Å². The molecule has 1 unspecified atom stereocenters. The topological polar surface area (TPSA) is 55.6 Å². The van der Waals surface area contributed by atoms with Crippen LogP contribution < -0.4 is 10.6 Å². The van der Waals surface area contributed by atoms with E-state index in [0.29, 0.717) is 6.61 Å². The normalized spacial score (nSPS) is 12.0. The third kappa shape index (κ3) is 4.65. The summed E-state index contributed by atoms with van der Waals surface area (Å²) in [5.41, 5.74) is 8.62. The van der Waals surface area contributed by atoms with E-state index in [0.717, 1.165) is 6.54 Å². The number of nitrogens with two attached hydrogens (primary N) is 1. The molecular formula is C14H22N2O2. The summed E-state index contributed by atoms with van der Waals surface area (Å²) >= 11 is 0. The zero-order chi connectivity index (χ0) is 13.7. The highest BCUT2D eigenvalue weighted by Gasteiger charge is 2.09. The van der Waals surface area contributed by atoms with Gasteiger partial charge in [-0.25, -0.2) is 4.79 Å². The number of anilines is 1. The Morgan fingerprint density at radius 2 is 1.89 bits per heavy atom. The molecule has 18 heavy (non-hydrogen) atoms. The maximum absolute atomic E-state index is 10.5.